The Hall–Kier alpha value is -2.39. The smallest absolute Gasteiger partial charge is 0.405 e. The van der Waals surface area contributed by atoms with Crippen LogP contribution >= 0.6 is 11.6 Å². The molecule has 1 fully saturated rings. The molecule has 28 heavy (non-hydrogen) atoms. The van der Waals surface area contributed by atoms with Crippen LogP contribution < -0.4 is 4.74 Å². The van der Waals surface area contributed by atoms with Gasteiger partial charge < -0.3 is 14.0 Å². The van der Waals surface area contributed by atoms with Gasteiger partial charge >= 0.3 is 6.36 Å². The van der Waals surface area contributed by atoms with Crippen LogP contribution in [0.25, 0.3) is 22.6 Å². The summed E-state index contributed by atoms with van der Waals surface area (Å²) < 4.78 is 50.2. The summed E-state index contributed by atoms with van der Waals surface area (Å²) in [6.07, 6.45) is -3.46. The molecule has 148 valence electrons. The summed E-state index contributed by atoms with van der Waals surface area (Å²) in [7, 11) is 0. The van der Waals surface area contributed by atoms with E-state index in [0.29, 0.717) is 48.9 Å². The standard InChI is InChI=1S/C18H16ClF3N4O2/c1-10-23-15(19)14-17(24-10)26(11-6-8-27-9-7-11)16(25-14)12-4-2-3-5-13(12)28-18(20,21)22/h2-5,11H,6-9H2,1H3. The van der Waals surface area contributed by atoms with Crippen LogP contribution in [0.4, 0.5) is 13.2 Å². The van der Waals surface area contributed by atoms with Crippen LogP contribution in [0.2, 0.25) is 5.15 Å². The van der Waals surface area contributed by atoms with Crippen LogP contribution in [0.1, 0.15) is 24.7 Å². The molecule has 0 radical (unpaired) electrons. The van der Waals surface area contributed by atoms with Gasteiger partial charge in [-0.1, -0.05) is 23.7 Å². The van der Waals surface area contributed by atoms with Crippen LogP contribution in [-0.2, 0) is 4.74 Å². The Morgan fingerprint density at radius 2 is 1.86 bits per heavy atom. The fraction of sp³-hybridized carbons (Fsp3) is 0.389. The van der Waals surface area contributed by atoms with Crippen LogP contribution in [0, 0.1) is 6.92 Å². The summed E-state index contributed by atoms with van der Waals surface area (Å²) in [6.45, 7) is 2.79. The lowest BCUT2D eigenvalue weighted by Gasteiger charge is -2.25. The van der Waals surface area contributed by atoms with Crippen LogP contribution in [0.5, 0.6) is 5.75 Å². The first-order chi connectivity index (χ1) is 13.3. The van der Waals surface area contributed by atoms with Crippen molar-refractivity contribution >= 4 is 22.8 Å². The molecule has 0 unspecified atom stereocenters. The van der Waals surface area contributed by atoms with Gasteiger partial charge in [0.05, 0.1) is 5.56 Å². The van der Waals surface area contributed by atoms with Crippen molar-refractivity contribution in [2.45, 2.75) is 32.2 Å². The lowest BCUT2D eigenvalue weighted by Crippen LogP contribution is -2.21. The van der Waals surface area contributed by atoms with Gasteiger partial charge in [-0.3, -0.25) is 0 Å². The number of ether oxygens (including phenoxy) is 2. The van der Waals surface area contributed by atoms with E-state index in [2.05, 4.69) is 19.7 Å². The van der Waals surface area contributed by atoms with Gasteiger partial charge in [0.25, 0.3) is 0 Å². The molecule has 1 aromatic carbocycles. The average molecular weight is 413 g/mol. The number of nitrogens with zero attached hydrogens (tertiary/aromatic N) is 4. The molecule has 4 rings (SSSR count). The lowest BCUT2D eigenvalue weighted by molar-refractivity contribution is -0.274. The molecule has 10 heteroatoms. The first kappa shape index (κ1) is 18.9. The van der Waals surface area contributed by atoms with Gasteiger partial charge in [0, 0.05) is 19.3 Å². The van der Waals surface area contributed by atoms with E-state index in [1.807, 2.05) is 4.57 Å². The van der Waals surface area contributed by atoms with Crippen molar-refractivity contribution in [2.75, 3.05) is 13.2 Å². The molecule has 0 aliphatic carbocycles. The maximum absolute atomic E-state index is 12.9. The third-order valence-corrected chi connectivity index (χ3v) is 4.78. The van der Waals surface area contributed by atoms with Crippen molar-refractivity contribution in [3.05, 3.63) is 35.2 Å². The summed E-state index contributed by atoms with van der Waals surface area (Å²) in [6, 6.07) is 5.85. The number of aryl methyl sites for hydroxylation is 1. The van der Waals surface area contributed by atoms with Crippen molar-refractivity contribution in [3.8, 4) is 17.1 Å². The minimum atomic E-state index is -4.82. The predicted octanol–water partition coefficient (Wildman–Crippen LogP) is 4.71. The Kier molecular flexibility index (Phi) is 4.88. The number of fused-ring (bicyclic) bond motifs is 1. The van der Waals surface area contributed by atoms with Gasteiger partial charge in [0.2, 0.25) is 0 Å². The summed E-state index contributed by atoms with van der Waals surface area (Å²) in [5, 5.41) is 0.156. The average Bonchev–Trinajstić information content (AvgIpc) is 3.01. The molecule has 3 aromatic rings. The Bertz CT molecular complexity index is 1020. The largest absolute Gasteiger partial charge is 0.573 e. The Morgan fingerprint density at radius 1 is 1.14 bits per heavy atom. The highest BCUT2D eigenvalue weighted by molar-refractivity contribution is 6.33. The summed E-state index contributed by atoms with van der Waals surface area (Å²) >= 11 is 6.26. The summed E-state index contributed by atoms with van der Waals surface area (Å²) in [5.41, 5.74) is 1.04. The van der Waals surface area contributed by atoms with Gasteiger partial charge in [-0.25, -0.2) is 15.0 Å². The molecule has 1 aliphatic rings. The molecule has 1 saturated heterocycles. The van der Waals surface area contributed by atoms with E-state index < -0.39 is 6.36 Å². The third-order valence-electron chi connectivity index (χ3n) is 4.52. The number of para-hydroxylation sites is 1. The Labute approximate surface area is 163 Å². The maximum atomic E-state index is 12.9. The van der Waals surface area contributed by atoms with Crippen molar-refractivity contribution in [2.24, 2.45) is 0 Å². The molecule has 0 saturated carbocycles. The topological polar surface area (TPSA) is 62.1 Å². The molecule has 0 N–H and O–H groups in total. The first-order valence-electron chi connectivity index (χ1n) is 8.68. The molecule has 6 nitrogen and oxygen atoms in total. The SMILES string of the molecule is Cc1nc(Cl)c2nc(-c3ccccc3OC(F)(F)F)n(C3CCOCC3)c2n1. The first-order valence-corrected chi connectivity index (χ1v) is 9.06. The van der Waals surface area contributed by atoms with E-state index in [-0.39, 0.29) is 22.5 Å². The maximum Gasteiger partial charge on any atom is 0.573 e. The number of halogens is 4. The van der Waals surface area contributed by atoms with Crippen molar-refractivity contribution in [1.29, 1.82) is 0 Å². The van der Waals surface area contributed by atoms with E-state index in [9.17, 15) is 13.2 Å². The highest BCUT2D eigenvalue weighted by Gasteiger charge is 2.33. The van der Waals surface area contributed by atoms with Crippen molar-refractivity contribution in [1.82, 2.24) is 19.5 Å². The molecule has 2 aromatic heterocycles. The van der Waals surface area contributed by atoms with Gasteiger partial charge in [-0.05, 0) is 31.9 Å². The zero-order valence-corrected chi connectivity index (χ0v) is 15.6. The molecule has 0 bridgehead atoms. The van der Waals surface area contributed by atoms with Crippen LogP contribution in [0.3, 0.4) is 0 Å². The number of imidazole rings is 1. The van der Waals surface area contributed by atoms with E-state index in [1.54, 1.807) is 13.0 Å². The summed E-state index contributed by atoms with van der Waals surface area (Å²) in [4.78, 5) is 13.1. The Morgan fingerprint density at radius 3 is 2.57 bits per heavy atom. The lowest BCUT2D eigenvalue weighted by atomic mass is 10.1. The Balaban J connectivity index is 1.96. The number of rotatable bonds is 3. The van der Waals surface area contributed by atoms with E-state index in [0.717, 1.165) is 0 Å². The highest BCUT2D eigenvalue weighted by Crippen LogP contribution is 2.38. The quantitative estimate of drug-likeness (QED) is 0.583. The van der Waals surface area contributed by atoms with E-state index >= 15 is 0 Å². The van der Waals surface area contributed by atoms with Crippen molar-refractivity contribution < 1.29 is 22.6 Å². The molecule has 0 atom stereocenters. The van der Waals surface area contributed by atoms with Gasteiger partial charge in [-0.15, -0.1) is 13.2 Å². The zero-order chi connectivity index (χ0) is 19.9. The molecule has 3 heterocycles. The summed E-state index contributed by atoms with van der Waals surface area (Å²) in [5.74, 6) is 0.431. The second-order valence-corrected chi connectivity index (χ2v) is 6.78. The molecule has 1 aliphatic heterocycles. The predicted molar refractivity (Wildman–Crippen MR) is 96.3 cm³/mol. The molecular formula is C18H16ClF3N4O2. The van der Waals surface area contributed by atoms with E-state index in [4.69, 9.17) is 16.3 Å². The number of benzene rings is 1. The fourth-order valence-corrected chi connectivity index (χ4v) is 3.64. The van der Waals surface area contributed by atoms with E-state index in [1.165, 1.54) is 18.2 Å². The number of aromatic nitrogens is 4. The zero-order valence-electron chi connectivity index (χ0n) is 14.8. The normalized spacial score (nSPS) is 15.9. The molecular weight excluding hydrogens is 397 g/mol. The number of hydrogen-bond donors (Lipinski definition) is 0. The monoisotopic (exact) mass is 412 g/mol. The molecule has 0 spiro atoms. The second kappa shape index (κ2) is 7.21. The minimum Gasteiger partial charge on any atom is -0.405 e. The van der Waals surface area contributed by atoms with Gasteiger partial charge in [-0.2, -0.15) is 0 Å². The van der Waals surface area contributed by atoms with Crippen LogP contribution in [-0.4, -0.2) is 39.1 Å². The van der Waals surface area contributed by atoms with Gasteiger partial charge in [0.1, 0.15) is 22.9 Å². The third kappa shape index (κ3) is 3.64. The second-order valence-electron chi connectivity index (χ2n) is 6.43. The fourth-order valence-electron chi connectivity index (χ4n) is 3.39. The highest BCUT2D eigenvalue weighted by atomic mass is 35.5. The van der Waals surface area contributed by atoms with Crippen LogP contribution in [0.15, 0.2) is 24.3 Å². The number of hydrogen-bond acceptors (Lipinski definition) is 5. The van der Waals surface area contributed by atoms with Gasteiger partial charge in [0.15, 0.2) is 10.8 Å². The minimum absolute atomic E-state index is 0.0435. The molecule has 0 amide bonds. The number of alkyl halides is 3. The van der Waals surface area contributed by atoms with Crippen molar-refractivity contribution in [3.63, 3.8) is 0 Å².